The fourth-order valence-corrected chi connectivity index (χ4v) is 1.16. The van der Waals surface area contributed by atoms with Gasteiger partial charge in [0.15, 0.2) is 11.9 Å². The molecule has 5 heteroatoms. The number of hydrogen-bond acceptors (Lipinski definition) is 5. The summed E-state index contributed by atoms with van der Waals surface area (Å²) in [5.74, 6) is 0. The first kappa shape index (κ1) is 9.63. The van der Waals surface area contributed by atoms with Gasteiger partial charge < -0.3 is 25.2 Å². The minimum Gasteiger partial charge on any atom is -0.394 e. The van der Waals surface area contributed by atoms with Crippen molar-refractivity contribution in [3.05, 3.63) is 12.7 Å². The van der Waals surface area contributed by atoms with Crippen molar-refractivity contribution in [1.82, 2.24) is 0 Å². The Kier molecular flexibility index (Phi) is 2.50. The summed E-state index contributed by atoms with van der Waals surface area (Å²) in [7, 11) is 0. The van der Waals surface area contributed by atoms with E-state index in [2.05, 4.69) is 11.3 Å². The van der Waals surface area contributed by atoms with Crippen LogP contribution in [0.15, 0.2) is 12.7 Å². The second kappa shape index (κ2) is 3.12. The van der Waals surface area contributed by atoms with Crippen molar-refractivity contribution in [3.8, 4) is 0 Å². The molecule has 1 aliphatic heterocycles. The molecule has 0 bridgehead atoms. The van der Waals surface area contributed by atoms with E-state index in [1.165, 1.54) is 0 Å². The molecule has 5 nitrogen and oxygen atoms in total. The molecule has 4 N–H and O–H groups in total. The topological polar surface area (TPSA) is 90.2 Å². The monoisotopic (exact) mass is 176 g/mol. The maximum Gasteiger partial charge on any atom is 0.190 e. The molecule has 0 aromatic rings. The van der Waals surface area contributed by atoms with Crippen LogP contribution >= 0.6 is 0 Å². The highest BCUT2D eigenvalue weighted by Crippen LogP contribution is 2.30. The molecule has 0 saturated carbocycles. The highest BCUT2D eigenvalue weighted by Gasteiger charge is 2.52. The van der Waals surface area contributed by atoms with E-state index in [1.807, 2.05) is 0 Å². The third kappa shape index (κ3) is 1.16. The van der Waals surface area contributed by atoms with E-state index in [9.17, 15) is 10.2 Å². The zero-order valence-electron chi connectivity index (χ0n) is 6.42. The summed E-state index contributed by atoms with van der Waals surface area (Å²) in [5.41, 5.74) is -1.88. The Hall–Kier alpha value is -0.460. The number of hydrogen-bond donors (Lipinski definition) is 4. The predicted molar refractivity (Wildman–Crippen MR) is 39.1 cm³/mol. The lowest BCUT2D eigenvalue weighted by molar-refractivity contribution is -0.157. The van der Waals surface area contributed by atoms with Gasteiger partial charge in [-0.15, -0.1) is 0 Å². The fourth-order valence-electron chi connectivity index (χ4n) is 1.16. The van der Waals surface area contributed by atoms with E-state index < -0.39 is 30.7 Å². The summed E-state index contributed by atoms with van der Waals surface area (Å²) in [6.07, 6.45) is -2.86. The molecule has 1 rings (SSSR count). The first-order chi connectivity index (χ1) is 5.56. The summed E-state index contributed by atoms with van der Waals surface area (Å²) in [5, 5.41) is 36.5. The van der Waals surface area contributed by atoms with Crippen molar-refractivity contribution < 1.29 is 25.2 Å². The first-order valence-corrected chi connectivity index (χ1v) is 3.54. The second-order valence-corrected chi connectivity index (χ2v) is 2.75. The van der Waals surface area contributed by atoms with Gasteiger partial charge in [0.05, 0.1) is 6.61 Å². The van der Waals surface area contributed by atoms with Crippen LogP contribution in [0.3, 0.4) is 0 Å². The number of aliphatic hydroxyl groups is 4. The average Bonchev–Trinajstić information content (AvgIpc) is 2.30. The summed E-state index contributed by atoms with van der Waals surface area (Å²) in [6.45, 7) is 2.79. The van der Waals surface area contributed by atoms with Crippen molar-refractivity contribution >= 4 is 0 Å². The third-order valence-electron chi connectivity index (χ3n) is 2.03. The lowest BCUT2D eigenvalue weighted by Gasteiger charge is -2.23. The zero-order valence-corrected chi connectivity index (χ0v) is 6.42. The van der Waals surface area contributed by atoms with E-state index in [4.69, 9.17) is 10.2 Å². The molecule has 4 atom stereocenters. The average molecular weight is 176 g/mol. The fraction of sp³-hybridized carbons (Fsp3) is 0.714. The minimum absolute atomic E-state index is 0.464. The number of rotatable bonds is 2. The van der Waals surface area contributed by atoms with Gasteiger partial charge in [-0.3, -0.25) is 0 Å². The van der Waals surface area contributed by atoms with Crippen molar-refractivity contribution in [1.29, 1.82) is 0 Å². The molecule has 0 radical (unpaired) electrons. The molecule has 1 heterocycles. The van der Waals surface area contributed by atoms with Crippen LogP contribution in [0.25, 0.3) is 0 Å². The van der Waals surface area contributed by atoms with Gasteiger partial charge in [-0.2, -0.15) is 0 Å². The quantitative estimate of drug-likeness (QED) is 0.364. The predicted octanol–water partition coefficient (Wildman–Crippen LogP) is -2.03. The molecule has 0 unspecified atom stereocenters. The second-order valence-electron chi connectivity index (χ2n) is 2.75. The van der Waals surface area contributed by atoms with Crippen LogP contribution in [-0.2, 0) is 4.74 Å². The molecule has 1 aliphatic rings. The molecular formula is C7H12O5. The van der Waals surface area contributed by atoms with Crippen molar-refractivity contribution in [2.45, 2.75) is 24.1 Å². The standard InChI is InChI=1S/C7H12O5/c1-2-7(11)5(9)4(3-8)12-6(7)10/h2,4-6,8-11H,1,3H2/t4-,5-,6-,7-/m1/s1. The lowest BCUT2D eigenvalue weighted by atomic mass is 9.96. The molecule has 12 heavy (non-hydrogen) atoms. The van der Waals surface area contributed by atoms with Gasteiger partial charge in [0.2, 0.25) is 0 Å². The minimum atomic E-state index is -1.88. The van der Waals surface area contributed by atoms with Crippen LogP contribution in [0, 0.1) is 0 Å². The van der Waals surface area contributed by atoms with Gasteiger partial charge >= 0.3 is 0 Å². The SMILES string of the molecule is C=C[C@]1(O)[C@H](O)O[C@H](CO)[C@H]1O. The van der Waals surface area contributed by atoms with Crippen LogP contribution in [-0.4, -0.2) is 51.1 Å². The Labute approximate surface area is 69.5 Å². The smallest absolute Gasteiger partial charge is 0.190 e. The molecule has 70 valence electrons. The van der Waals surface area contributed by atoms with E-state index in [0.29, 0.717) is 0 Å². The maximum absolute atomic E-state index is 9.48. The lowest BCUT2D eigenvalue weighted by Crippen LogP contribution is -2.46. The molecule has 0 aromatic heterocycles. The molecule has 0 aromatic carbocycles. The highest BCUT2D eigenvalue weighted by molar-refractivity contribution is 5.09. The van der Waals surface area contributed by atoms with Crippen LogP contribution in [0.4, 0.5) is 0 Å². The molecular weight excluding hydrogens is 164 g/mol. The van der Waals surface area contributed by atoms with Crippen molar-refractivity contribution in [2.75, 3.05) is 6.61 Å². The van der Waals surface area contributed by atoms with E-state index in [0.717, 1.165) is 6.08 Å². The molecule has 1 fully saturated rings. The van der Waals surface area contributed by atoms with E-state index >= 15 is 0 Å². The van der Waals surface area contributed by atoms with E-state index in [-0.39, 0.29) is 0 Å². The van der Waals surface area contributed by atoms with Gasteiger partial charge in [0.25, 0.3) is 0 Å². The van der Waals surface area contributed by atoms with Crippen molar-refractivity contribution in [2.24, 2.45) is 0 Å². The van der Waals surface area contributed by atoms with Gasteiger partial charge in [0.1, 0.15) is 12.2 Å². The highest BCUT2D eigenvalue weighted by atomic mass is 16.7. The molecule has 1 saturated heterocycles. The van der Waals surface area contributed by atoms with Gasteiger partial charge in [-0.25, -0.2) is 0 Å². The van der Waals surface area contributed by atoms with E-state index in [1.54, 1.807) is 0 Å². The normalized spacial score (nSPS) is 47.8. The third-order valence-corrected chi connectivity index (χ3v) is 2.03. The summed E-state index contributed by atoms with van der Waals surface area (Å²) < 4.78 is 4.66. The van der Waals surface area contributed by atoms with Crippen LogP contribution in [0.2, 0.25) is 0 Å². The zero-order chi connectivity index (χ0) is 9.35. The first-order valence-electron chi connectivity index (χ1n) is 3.54. The number of aliphatic hydroxyl groups excluding tert-OH is 3. The largest absolute Gasteiger partial charge is 0.394 e. The van der Waals surface area contributed by atoms with Crippen LogP contribution in [0.5, 0.6) is 0 Å². The summed E-state index contributed by atoms with van der Waals surface area (Å²) in [4.78, 5) is 0. The Morgan fingerprint density at radius 1 is 1.50 bits per heavy atom. The summed E-state index contributed by atoms with van der Waals surface area (Å²) >= 11 is 0. The Morgan fingerprint density at radius 3 is 2.33 bits per heavy atom. The van der Waals surface area contributed by atoms with Gasteiger partial charge in [-0.1, -0.05) is 12.7 Å². The Balaban J connectivity index is 2.83. The van der Waals surface area contributed by atoms with Gasteiger partial charge in [0, 0.05) is 0 Å². The van der Waals surface area contributed by atoms with Crippen molar-refractivity contribution in [3.63, 3.8) is 0 Å². The molecule has 0 spiro atoms. The summed E-state index contributed by atoms with van der Waals surface area (Å²) in [6, 6.07) is 0. The Bertz CT molecular complexity index is 183. The van der Waals surface area contributed by atoms with Crippen LogP contribution in [0.1, 0.15) is 0 Å². The Morgan fingerprint density at radius 2 is 2.08 bits per heavy atom. The number of ether oxygens (including phenoxy) is 1. The van der Waals surface area contributed by atoms with Gasteiger partial charge in [-0.05, 0) is 0 Å². The molecule has 0 amide bonds. The maximum atomic E-state index is 9.48. The molecule has 0 aliphatic carbocycles. The van der Waals surface area contributed by atoms with Crippen LogP contribution < -0.4 is 0 Å².